The van der Waals surface area contributed by atoms with Gasteiger partial charge in [0.05, 0.1) is 5.41 Å². The van der Waals surface area contributed by atoms with Crippen molar-refractivity contribution in [1.29, 1.82) is 0 Å². The van der Waals surface area contributed by atoms with Gasteiger partial charge in [-0.25, -0.2) is 0 Å². The van der Waals surface area contributed by atoms with Crippen LogP contribution < -0.4 is 9.47 Å². The second-order valence-corrected chi connectivity index (χ2v) is 7.40. The zero-order chi connectivity index (χ0) is 18.5. The second-order valence-electron chi connectivity index (χ2n) is 7.40. The summed E-state index contributed by atoms with van der Waals surface area (Å²) in [5, 5.41) is 0. The minimum Gasteiger partial charge on any atom is -0.485 e. The molecule has 3 atom stereocenters. The van der Waals surface area contributed by atoms with E-state index in [1.807, 2.05) is 18.2 Å². The zero-order valence-electron chi connectivity index (χ0n) is 15.3. The zero-order valence-corrected chi connectivity index (χ0v) is 15.3. The Labute approximate surface area is 152 Å². The monoisotopic (exact) mass is 357 g/mol. The van der Waals surface area contributed by atoms with Gasteiger partial charge in [0.1, 0.15) is 12.2 Å². The van der Waals surface area contributed by atoms with Gasteiger partial charge in [-0.2, -0.15) is 0 Å². The van der Waals surface area contributed by atoms with Crippen molar-refractivity contribution in [2.75, 3.05) is 13.6 Å². The number of ether oxygens (including phenoxy) is 3. The van der Waals surface area contributed by atoms with Gasteiger partial charge >= 0.3 is 11.9 Å². The molecule has 1 aromatic rings. The fraction of sp³-hybridized carbons (Fsp3) is 0.500. The number of carbonyl (C=O) groups excluding carboxylic acids is 2. The Morgan fingerprint density at radius 1 is 1.27 bits per heavy atom. The van der Waals surface area contributed by atoms with Gasteiger partial charge in [-0.3, -0.25) is 9.59 Å². The summed E-state index contributed by atoms with van der Waals surface area (Å²) in [6, 6.07) is 3.84. The molecule has 1 spiro atoms. The molecule has 2 aliphatic heterocycles. The first kappa shape index (κ1) is 17.1. The van der Waals surface area contributed by atoms with Crippen LogP contribution in [0.4, 0.5) is 0 Å². The lowest BCUT2D eigenvalue weighted by molar-refractivity contribution is -0.145. The number of rotatable bonds is 2. The van der Waals surface area contributed by atoms with Gasteiger partial charge in [0, 0.05) is 32.4 Å². The van der Waals surface area contributed by atoms with E-state index in [9.17, 15) is 9.59 Å². The molecule has 0 amide bonds. The van der Waals surface area contributed by atoms with E-state index < -0.39 is 0 Å². The summed E-state index contributed by atoms with van der Waals surface area (Å²) < 4.78 is 17.1. The highest BCUT2D eigenvalue weighted by Crippen LogP contribution is 2.55. The maximum Gasteiger partial charge on any atom is 0.308 e. The lowest BCUT2D eigenvalue weighted by Crippen LogP contribution is -2.43. The van der Waals surface area contributed by atoms with E-state index in [2.05, 4.69) is 18.0 Å². The molecular weight excluding hydrogens is 334 g/mol. The Morgan fingerprint density at radius 3 is 2.81 bits per heavy atom. The first-order valence-electron chi connectivity index (χ1n) is 8.95. The molecule has 3 aliphatic rings. The van der Waals surface area contributed by atoms with Crippen LogP contribution in [0, 0.1) is 0 Å². The van der Waals surface area contributed by atoms with E-state index in [-0.39, 0.29) is 29.6 Å². The largest absolute Gasteiger partial charge is 0.485 e. The molecule has 0 unspecified atom stereocenters. The molecule has 0 aromatic heterocycles. The molecule has 0 saturated carbocycles. The van der Waals surface area contributed by atoms with Crippen LogP contribution in [-0.2, 0) is 26.3 Å². The van der Waals surface area contributed by atoms with E-state index in [1.165, 1.54) is 19.4 Å². The van der Waals surface area contributed by atoms with Gasteiger partial charge < -0.3 is 19.1 Å². The highest BCUT2D eigenvalue weighted by atomic mass is 16.6. The van der Waals surface area contributed by atoms with Crippen LogP contribution >= 0.6 is 0 Å². The summed E-state index contributed by atoms with van der Waals surface area (Å²) in [6.07, 6.45) is 5.17. The molecule has 0 N–H and O–H groups in total. The van der Waals surface area contributed by atoms with Crippen LogP contribution in [0.5, 0.6) is 11.5 Å². The summed E-state index contributed by atoms with van der Waals surface area (Å²) in [5.74, 6) is 0.457. The SMILES string of the molecule is CC(=O)Oc1ccc2c3c1O[C@H]1C[C@@H](OC(C)=O)C=C[C@@]31CCN(C)C2. The lowest BCUT2D eigenvalue weighted by Gasteiger charge is -2.36. The maximum absolute atomic E-state index is 11.5. The van der Waals surface area contributed by atoms with Crippen LogP contribution in [0.2, 0.25) is 0 Å². The molecule has 138 valence electrons. The molecule has 0 fully saturated rings. The summed E-state index contributed by atoms with van der Waals surface area (Å²) in [4.78, 5) is 25.1. The molecule has 4 rings (SSSR count). The predicted octanol–water partition coefficient (Wildman–Crippen LogP) is 2.34. The van der Waals surface area contributed by atoms with E-state index in [1.54, 1.807) is 0 Å². The Kier molecular flexibility index (Phi) is 4.03. The number of hydrogen-bond donors (Lipinski definition) is 0. The highest BCUT2D eigenvalue weighted by molar-refractivity contribution is 5.72. The Bertz CT molecular complexity index is 802. The number of benzene rings is 1. The standard InChI is InChI=1S/C20H23NO5/c1-12(22)24-15-6-7-20-8-9-21(3)11-14-4-5-16(25-13(2)23)19(18(14)20)26-17(20)10-15/h4-7,15,17H,8-11H2,1-3H3/t15-,17-,20-/m0/s1. The van der Waals surface area contributed by atoms with Crippen LogP contribution in [-0.4, -0.2) is 42.6 Å². The Morgan fingerprint density at radius 2 is 2.08 bits per heavy atom. The molecule has 1 aromatic carbocycles. The molecule has 0 bridgehead atoms. The Balaban J connectivity index is 1.81. The molecule has 0 radical (unpaired) electrons. The van der Waals surface area contributed by atoms with Crippen molar-refractivity contribution in [1.82, 2.24) is 4.90 Å². The first-order valence-corrected chi connectivity index (χ1v) is 8.95. The third-order valence-corrected chi connectivity index (χ3v) is 5.48. The van der Waals surface area contributed by atoms with Crippen molar-refractivity contribution in [2.45, 2.75) is 50.9 Å². The maximum atomic E-state index is 11.5. The third kappa shape index (κ3) is 2.69. The smallest absolute Gasteiger partial charge is 0.308 e. The number of esters is 2. The first-order chi connectivity index (χ1) is 12.4. The molecule has 26 heavy (non-hydrogen) atoms. The molecular formula is C20H23NO5. The number of carbonyl (C=O) groups is 2. The van der Waals surface area contributed by atoms with E-state index in [0.717, 1.165) is 25.1 Å². The van der Waals surface area contributed by atoms with Crippen molar-refractivity contribution in [3.8, 4) is 11.5 Å². The highest BCUT2D eigenvalue weighted by Gasteiger charge is 2.53. The predicted molar refractivity (Wildman–Crippen MR) is 94.1 cm³/mol. The molecule has 2 heterocycles. The average Bonchev–Trinajstić information content (AvgIpc) is 2.82. The van der Waals surface area contributed by atoms with Crippen LogP contribution in [0.1, 0.15) is 37.8 Å². The fourth-order valence-electron chi connectivity index (χ4n) is 4.44. The van der Waals surface area contributed by atoms with Crippen molar-refractivity contribution < 1.29 is 23.8 Å². The molecule has 0 saturated heterocycles. The van der Waals surface area contributed by atoms with Crippen molar-refractivity contribution in [3.63, 3.8) is 0 Å². The number of nitrogens with zero attached hydrogens (tertiary/aromatic N) is 1. The van der Waals surface area contributed by atoms with Gasteiger partial charge in [-0.15, -0.1) is 0 Å². The van der Waals surface area contributed by atoms with Crippen LogP contribution in [0.15, 0.2) is 24.3 Å². The third-order valence-electron chi connectivity index (χ3n) is 5.48. The quantitative estimate of drug-likeness (QED) is 0.460. The summed E-state index contributed by atoms with van der Waals surface area (Å²) in [5.41, 5.74) is 2.03. The van der Waals surface area contributed by atoms with Gasteiger partial charge in [0.15, 0.2) is 11.5 Å². The second kappa shape index (κ2) is 6.13. The summed E-state index contributed by atoms with van der Waals surface area (Å²) in [6.45, 7) is 4.56. The summed E-state index contributed by atoms with van der Waals surface area (Å²) >= 11 is 0. The average molecular weight is 357 g/mol. The number of hydrogen-bond acceptors (Lipinski definition) is 6. The van der Waals surface area contributed by atoms with Crippen molar-refractivity contribution in [2.24, 2.45) is 0 Å². The van der Waals surface area contributed by atoms with E-state index in [4.69, 9.17) is 14.2 Å². The molecule has 6 nitrogen and oxygen atoms in total. The minimum absolute atomic E-state index is 0.145. The van der Waals surface area contributed by atoms with E-state index >= 15 is 0 Å². The Hall–Kier alpha value is -2.34. The minimum atomic E-state index is -0.368. The van der Waals surface area contributed by atoms with Crippen molar-refractivity contribution >= 4 is 11.9 Å². The van der Waals surface area contributed by atoms with Gasteiger partial charge in [-0.1, -0.05) is 12.1 Å². The van der Waals surface area contributed by atoms with Crippen LogP contribution in [0.25, 0.3) is 0 Å². The van der Waals surface area contributed by atoms with Gasteiger partial charge in [0.25, 0.3) is 0 Å². The van der Waals surface area contributed by atoms with E-state index in [0.29, 0.717) is 17.9 Å². The van der Waals surface area contributed by atoms with Crippen molar-refractivity contribution in [3.05, 3.63) is 35.4 Å². The summed E-state index contributed by atoms with van der Waals surface area (Å²) in [7, 11) is 2.11. The fourth-order valence-corrected chi connectivity index (χ4v) is 4.44. The normalized spacial score (nSPS) is 29.2. The van der Waals surface area contributed by atoms with Gasteiger partial charge in [-0.05, 0) is 37.7 Å². The lowest BCUT2D eigenvalue weighted by atomic mass is 9.69. The topological polar surface area (TPSA) is 65.1 Å². The van der Waals surface area contributed by atoms with Gasteiger partial charge in [0.2, 0.25) is 0 Å². The molecule has 1 aliphatic carbocycles. The van der Waals surface area contributed by atoms with Crippen LogP contribution in [0.3, 0.4) is 0 Å². The molecule has 6 heteroatoms.